The van der Waals surface area contributed by atoms with Crippen molar-refractivity contribution in [2.75, 3.05) is 19.7 Å². The van der Waals surface area contributed by atoms with Gasteiger partial charge in [-0.1, -0.05) is 5.21 Å². The van der Waals surface area contributed by atoms with Gasteiger partial charge in [0.1, 0.15) is 16.6 Å². The number of rotatable bonds is 2. The summed E-state index contributed by atoms with van der Waals surface area (Å²) >= 11 is 1.56. The van der Waals surface area contributed by atoms with Crippen LogP contribution in [-0.4, -0.2) is 55.5 Å². The van der Waals surface area contributed by atoms with Crippen molar-refractivity contribution < 1.29 is 9.53 Å². The van der Waals surface area contributed by atoms with E-state index in [0.29, 0.717) is 36.4 Å². The van der Waals surface area contributed by atoms with Crippen molar-refractivity contribution in [3.05, 3.63) is 33.9 Å². The SMILES string of the molecule is Cc1csc(C2CN(C(=O)c3ccnc4c3nnn4C)CCO2)n1. The molecule has 0 saturated carbocycles. The van der Waals surface area contributed by atoms with Gasteiger partial charge in [-0.2, -0.15) is 0 Å². The molecule has 8 nitrogen and oxygen atoms in total. The second-order valence-electron chi connectivity index (χ2n) is 5.68. The molecule has 0 aliphatic carbocycles. The van der Waals surface area contributed by atoms with Gasteiger partial charge in [-0.15, -0.1) is 16.4 Å². The second kappa shape index (κ2) is 5.91. The Morgan fingerprint density at radius 2 is 2.33 bits per heavy atom. The lowest BCUT2D eigenvalue weighted by atomic mass is 10.2. The summed E-state index contributed by atoms with van der Waals surface area (Å²) in [6.45, 7) is 3.47. The van der Waals surface area contributed by atoms with E-state index in [-0.39, 0.29) is 12.0 Å². The van der Waals surface area contributed by atoms with E-state index in [1.54, 1.807) is 40.2 Å². The number of amides is 1. The number of hydrogen-bond acceptors (Lipinski definition) is 7. The van der Waals surface area contributed by atoms with Crippen LogP contribution in [0.5, 0.6) is 0 Å². The normalized spacial score (nSPS) is 18.2. The maximum atomic E-state index is 13.0. The largest absolute Gasteiger partial charge is 0.367 e. The predicted octanol–water partition coefficient (Wildman–Crippen LogP) is 1.34. The van der Waals surface area contributed by atoms with E-state index in [2.05, 4.69) is 20.3 Å². The number of ether oxygens (including phenoxy) is 1. The first-order valence-corrected chi connectivity index (χ1v) is 8.49. The van der Waals surface area contributed by atoms with Crippen LogP contribution in [0.15, 0.2) is 17.6 Å². The van der Waals surface area contributed by atoms with Crippen LogP contribution < -0.4 is 0 Å². The highest BCUT2D eigenvalue weighted by atomic mass is 32.1. The Hall–Kier alpha value is -2.39. The molecule has 1 aliphatic rings. The number of carbonyl (C=O) groups excluding carboxylic acids is 1. The van der Waals surface area contributed by atoms with Crippen LogP contribution in [0.25, 0.3) is 11.2 Å². The molecule has 1 atom stereocenters. The van der Waals surface area contributed by atoms with Crippen LogP contribution in [-0.2, 0) is 11.8 Å². The van der Waals surface area contributed by atoms with Crippen LogP contribution in [0.2, 0.25) is 0 Å². The van der Waals surface area contributed by atoms with Gasteiger partial charge in [0.2, 0.25) is 0 Å². The Balaban J connectivity index is 1.61. The quantitative estimate of drug-likeness (QED) is 0.697. The molecule has 0 spiro atoms. The Morgan fingerprint density at radius 1 is 1.46 bits per heavy atom. The molecule has 24 heavy (non-hydrogen) atoms. The molecule has 4 heterocycles. The third kappa shape index (κ3) is 2.55. The minimum absolute atomic E-state index is 0.0792. The average molecular weight is 344 g/mol. The first kappa shape index (κ1) is 15.2. The number of carbonyl (C=O) groups is 1. The maximum Gasteiger partial charge on any atom is 0.256 e. The van der Waals surface area contributed by atoms with Gasteiger partial charge in [0.05, 0.1) is 18.7 Å². The lowest BCUT2D eigenvalue weighted by Crippen LogP contribution is -2.42. The Labute approximate surface area is 142 Å². The molecule has 1 fully saturated rings. The van der Waals surface area contributed by atoms with Gasteiger partial charge in [-0.3, -0.25) is 4.79 Å². The van der Waals surface area contributed by atoms with E-state index in [4.69, 9.17) is 4.74 Å². The maximum absolute atomic E-state index is 13.0. The van der Waals surface area contributed by atoms with Gasteiger partial charge < -0.3 is 9.64 Å². The molecule has 1 amide bonds. The molecule has 0 aromatic carbocycles. The van der Waals surface area contributed by atoms with E-state index < -0.39 is 0 Å². The molecule has 124 valence electrons. The van der Waals surface area contributed by atoms with E-state index in [9.17, 15) is 4.79 Å². The highest BCUT2D eigenvalue weighted by molar-refractivity contribution is 7.09. The number of fused-ring (bicyclic) bond motifs is 1. The van der Waals surface area contributed by atoms with E-state index in [1.165, 1.54) is 0 Å². The number of aryl methyl sites for hydroxylation is 2. The van der Waals surface area contributed by atoms with Crippen LogP contribution in [0.1, 0.15) is 27.2 Å². The molecule has 3 aromatic heterocycles. The number of morpholine rings is 1. The van der Waals surface area contributed by atoms with Crippen molar-refractivity contribution in [2.45, 2.75) is 13.0 Å². The first-order chi connectivity index (χ1) is 11.6. The third-order valence-electron chi connectivity index (χ3n) is 3.99. The molecule has 4 rings (SSSR count). The van der Waals surface area contributed by atoms with Crippen molar-refractivity contribution in [1.29, 1.82) is 0 Å². The molecule has 0 radical (unpaired) electrons. The number of nitrogens with zero attached hydrogens (tertiary/aromatic N) is 6. The summed E-state index contributed by atoms with van der Waals surface area (Å²) in [6.07, 6.45) is 1.43. The van der Waals surface area contributed by atoms with Gasteiger partial charge >= 0.3 is 0 Å². The summed E-state index contributed by atoms with van der Waals surface area (Å²) in [7, 11) is 1.76. The Bertz CT molecular complexity index is 904. The average Bonchev–Trinajstić information content (AvgIpc) is 3.21. The summed E-state index contributed by atoms with van der Waals surface area (Å²) in [5, 5.41) is 10.9. The minimum atomic E-state index is -0.180. The number of pyridine rings is 1. The number of aromatic nitrogens is 5. The van der Waals surface area contributed by atoms with Crippen molar-refractivity contribution in [3.63, 3.8) is 0 Å². The Morgan fingerprint density at radius 3 is 3.12 bits per heavy atom. The molecular weight excluding hydrogens is 328 g/mol. The van der Waals surface area contributed by atoms with Gasteiger partial charge in [0.25, 0.3) is 5.91 Å². The molecule has 1 aliphatic heterocycles. The fourth-order valence-corrected chi connectivity index (χ4v) is 3.61. The molecule has 9 heteroatoms. The lowest BCUT2D eigenvalue weighted by Gasteiger charge is -2.32. The highest BCUT2D eigenvalue weighted by Gasteiger charge is 2.29. The number of thiazole rings is 1. The van der Waals surface area contributed by atoms with E-state index in [0.717, 1.165) is 10.7 Å². The first-order valence-electron chi connectivity index (χ1n) is 7.61. The Kier molecular flexibility index (Phi) is 3.73. The molecule has 1 unspecified atom stereocenters. The smallest absolute Gasteiger partial charge is 0.256 e. The zero-order valence-electron chi connectivity index (χ0n) is 13.3. The van der Waals surface area contributed by atoms with Crippen LogP contribution >= 0.6 is 11.3 Å². The minimum Gasteiger partial charge on any atom is -0.367 e. The monoisotopic (exact) mass is 344 g/mol. The summed E-state index contributed by atoms with van der Waals surface area (Å²) in [4.78, 5) is 23.4. The summed E-state index contributed by atoms with van der Waals surface area (Å²) < 4.78 is 7.36. The van der Waals surface area contributed by atoms with E-state index in [1.807, 2.05) is 12.3 Å². The molecule has 3 aromatic rings. The highest BCUT2D eigenvalue weighted by Crippen LogP contribution is 2.26. The predicted molar refractivity (Wildman–Crippen MR) is 87.8 cm³/mol. The second-order valence-corrected chi connectivity index (χ2v) is 6.57. The van der Waals surface area contributed by atoms with Crippen LogP contribution in [0, 0.1) is 6.92 Å². The summed E-state index contributed by atoms with van der Waals surface area (Å²) in [6, 6.07) is 1.69. The molecule has 0 N–H and O–H groups in total. The fraction of sp³-hybridized carbons (Fsp3) is 0.400. The fourth-order valence-electron chi connectivity index (χ4n) is 2.78. The van der Waals surface area contributed by atoms with E-state index >= 15 is 0 Å². The van der Waals surface area contributed by atoms with Crippen molar-refractivity contribution in [2.24, 2.45) is 7.05 Å². The van der Waals surface area contributed by atoms with Crippen LogP contribution in [0.3, 0.4) is 0 Å². The topological polar surface area (TPSA) is 86.0 Å². The van der Waals surface area contributed by atoms with Crippen molar-refractivity contribution >= 4 is 28.4 Å². The third-order valence-corrected chi connectivity index (χ3v) is 5.04. The summed E-state index contributed by atoms with van der Waals surface area (Å²) in [5.41, 5.74) is 2.61. The molecular formula is C15H16N6O2S. The van der Waals surface area contributed by atoms with Gasteiger partial charge in [-0.25, -0.2) is 14.6 Å². The van der Waals surface area contributed by atoms with Gasteiger partial charge in [0, 0.05) is 30.9 Å². The van der Waals surface area contributed by atoms with Gasteiger partial charge in [0.15, 0.2) is 5.65 Å². The standard InChI is InChI=1S/C15H16N6O2S/c1-9-8-24-14(17-9)11-7-21(5-6-23-11)15(22)10-3-4-16-13-12(10)18-19-20(13)2/h3-4,8,11H,5-7H2,1-2H3. The van der Waals surface area contributed by atoms with Crippen molar-refractivity contribution in [1.82, 2.24) is 29.9 Å². The lowest BCUT2D eigenvalue weighted by molar-refractivity contribution is -0.0228. The zero-order valence-corrected chi connectivity index (χ0v) is 14.2. The van der Waals surface area contributed by atoms with Crippen LogP contribution in [0.4, 0.5) is 0 Å². The van der Waals surface area contributed by atoms with Crippen molar-refractivity contribution in [3.8, 4) is 0 Å². The van der Waals surface area contributed by atoms with Gasteiger partial charge in [-0.05, 0) is 13.0 Å². The summed E-state index contributed by atoms with van der Waals surface area (Å²) in [5.74, 6) is -0.0792. The number of hydrogen-bond donors (Lipinski definition) is 0. The molecule has 1 saturated heterocycles. The zero-order chi connectivity index (χ0) is 16.7. The molecule has 0 bridgehead atoms.